The highest BCUT2D eigenvalue weighted by molar-refractivity contribution is 7.99. The number of ether oxygens (including phenoxy) is 2. The average Bonchev–Trinajstić information content (AvgIpc) is 3.71. The minimum atomic E-state index is -4.49. The van der Waals surface area contributed by atoms with E-state index in [-0.39, 0.29) is 49.1 Å². The number of aliphatic imine (C=N–C) groups is 1. The van der Waals surface area contributed by atoms with Crippen LogP contribution in [0.1, 0.15) is 62.4 Å². The summed E-state index contributed by atoms with van der Waals surface area (Å²) in [7, 11) is 0. The van der Waals surface area contributed by atoms with Crippen molar-refractivity contribution in [2.45, 2.75) is 101 Å². The SMILES string of the molecule is CSc1c(/C(C)=N/c2c(SC)c(C3OCC(CO)O3)nn2C2C(Cl)CC(C(F)(F)F)CC2Cl)nn(C2C(Cl)CC(C(F)(F)F)CC2Cl)c1N. The molecule has 9 nitrogen and oxygen atoms in total. The van der Waals surface area contributed by atoms with Crippen LogP contribution in [-0.4, -0.2) is 96.1 Å². The van der Waals surface area contributed by atoms with Crippen LogP contribution >= 0.6 is 69.9 Å². The zero-order valence-corrected chi connectivity index (χ0v) is 30.8. The first-order valence-corrected chi connectivity index (χ1v) is 19.3. The number of aliphatic hydroxyl groups excluding tert-OH is 1. The smallest absolute Gasteiger partial charge is 0.391 e. The molecule has 0 amide bonds. The van der Waals surface area contributed by atoms with Crippen molar-refractivity contribution in [3.8, 4) is 0 Å². The summed E-state index contributed by atoms with van der Waals surface area (Å²) in [5.74, 6) is -3.04. The summed E-state index contributed by atoms with van der Waals surface area (Å²) in [6.07, 6.45) is -8.65. The Labute approximate surface area is 306 Å². The van der Waals surface area contributed by atoms with E-state index in [2.05, 4.69) is 5.10 Å². The highest BCUT2D eigenvalue weighted by Crippen LogP contribution is 2.50. The Hall–Kier alpha value is -0.790. The van der Waals surface area contributed by atoms with Gasteiger partial charge >= 0.3 is 12.4 Å². The van der Waals surface area contributed by atoms with Gasteiger partial charge in [0.05, 0.1) is 74.1 Å². The monoisotopic (exact) mass is 820 g/mol. The normalized spacial score (nSPS) is 33.4. The van der Waals surface area contributed by atoms with E-state index in [1.54, 1.807) is 19.4 Å². The number of halogens is 10. The van der Waals surface area contributed by atoms with Crippen molar-refractivity contribution in [3.63, 3.8) is 0 Å². The number of aliphatic hydroxyl groups is 1. The van der Waals surface area contributed by atoms with E-state index >= 15 is 0 Å². The van der Waals surface area contributed by atoms with Gasteiger partial charge in [-0.25, -0.2) is 14.4 Å². The van der Waals surface area contributed by atoms with Crippen molar-refractivity contribution in [2.24, 2.45) is 16.8 Å². The van der Waals surface area contributed by atoms with Gasteiger partial charge < -0.3 is 20.3 Å². The molecule has 0 spiro atoms. The molecule has 1 saturated heterocycles. The molecule has 6 atom stereocenters. The molecule has 3 heterocycles. The van der Waals surface area contributed by atoms with Crippen LogP contribution in [0.4, 0.5) is 38.0 Å². The van der Waals surface area contributed by atoms with Crippen molar-refractivity contribution in [1.82, 2.24) is 19.6 Å². The molecular formula is C28H34Cl4F6N6O3S2. The third-order valence-corrected chi connectivity index (χ3v) is 12.3. The summed E-state index contributed by atoms with van der Waals surface area (Å²) in [4.78, 5) is 5.79. The zero-order valence-electron chi connectivity index (χ0n) is 26.2. The van der Waals surface area contributed by atoms with Crippen LogP contribution in [0.2, 0.25) is 0 Å². The van der Waals surface area contributed by atoms with Gasteiger partial charge in [-0.1, -0.05) is 0 Å². The maximum Gasteiger partial charge on any atom is 0.391 e. The van der Waals surface area contributed by atoms with Gasteiger partial charge in [0.25, 0.3) is 0 Å². The van der Waals surface area contributed by atoms with Crippen LogP contribution in [-0.2, 0) is 9.47 Å². The van der Waals surface area contributed by atoms with Gasteiger partial charge in [0.1, 0.15) is 23.3 Å². The third-order valence-electron chi connectivity index (χ3n) is 8.98. The van der Waals surface area contributed by atoms with E-state index in [9.17, 15) is 31.4 Å². The largest absolute Gasteiger partial charge is 0.394 e. The molecule has 2 aromatic heterocycles. The van der Waals surface area contributed by atoms with Gasteiger partial charge in [0, 0.05) is 0 Å². The first kappa shape index (κ1) is 39.4. The molecule has 3 N–H and O–H groups in total. The minimum Gasteiger partial charge on any atom is -0.394 e. The Morgan fingerprint density at radius 3 is 1.80 bits per heavy atom. The number of thioether (sulfide) groups is 2. The molecule has 2 aromatic rings. The first-order chi connectivity index (χ1) is 22.9. The van der Waals surface area contributed by atoms with Crippen LogP contribution in [0.5, 0.6) is 0 Å². The molecular weight excluding hydrogens is 788 g/mol. The van der Waals surface area contributed by atoms with E-state index in [0.717, 1.165) is 0 Å². The molecule has 49 heavy (non-hydrogen) atoms. The van der Waals surface area contributed by atoms with E-state index in [0.29, 0.717) is 15.5 Å². The quantitative estimate of drug-likeness (QED) is 0.119. The molecule has 0 aromatic carbocycles. The lowest BCUT2D eigenvalue weighted by Crippen LogP contribution is -2.42. The summed E-state index contributed by atoms with van der Waals surface area (Å²) in [5.41, 5.74) is 7.36. The number of nitrogens with two attached hydrogens (primary N) is 1. The molecule has 3 fully saturated rings. The van der Waals surface area contributed by atoms with Crippen LogP contribution < -0.4 is 5.73 Å². The molecule has 5 rings (SSSR count). The molecule has 2 saturated carbocycles. The Morgan fingerprint density at radius 1 is 0.878 bits per heavy atom. The van der Waals surface area contributed by atoms with Gasteiger partial charge in [0.15, 0.2) is 5.82 Å². The summed E-state index contributed by atoms with van der Waals surface area (Å²) >= 11 is 28.8. The maximum absolute atomic E-state index is 13.7. The Balaban J connectivity index is 1.59. The van der Waals surface area contributed by atoms with Gasteiger partial charge in [-0.15, -0.1) is 69.9 Å². The number of aromatic nitrogens is 4. The second-order valence-corrected chi connectivity index (χ2v) is 16.0. The third kappa shape index (κ3) is 7.94. The second kappa shape index (κ2) is 15.3. The highest BCUT2D eigenvalue weighted by atomic mass is 35.5. The summed E-state index contributed by atoms with van der Waals surface area (Å²) in [6.45, 7) is 1.40. The second-order valence-electron chi connectivity index (χ2n) is 12.2. The molecule has 6 unspecified atom stereocenters. The van der Waals surface area contributed by atoms with Crippen molar-refractivity contribution in [3.05, 3.63) is 11.4 Å². The van der Waals surface area contributed by atoms with Gasteiger partial charge in [0.2, 0.25) is 6.29 Å². The van der Waals surface area contributed by atoms with E-state index in [1.807, 2.05) is 0 Å². The summed E-state index contributed by atoms with van der Waals surface area (Å²) in [6, 6.07) is -1.79. The van der Waals surface area contributed by atoms with E-state index in [4.69, 9.17) is 71.7 Å². The van der Waals surface area contributed by atoms with Crippen LogP contribution in [0.15, 0.2) is 14.8 Å². The number of rotatable bonds is 8. The molecule has 0 bridgehead atoms. The average molecular weight is 823 g/mol. The number of nitrogens with zero attached hydrogens (tertiary/aromatic N) is 5. The van der Waals surface area contributed by atoms with E-state index in [1.165, 1.54) is 32.9 Å². The molecule has 3 aliphatic rings. The summed E-state index contributed by atoms with van der Waals surface area (Å²) < 4.78 is 96.0. The topological polar surface area (TPSA) is 113 Å². The molecule has 276 valence electrons. The van der Waals surface area contributed by atoms with Crippen molar-refractivity contribution >= 4 is 87.3 Å². The number of nitrogen functional groups attached to an aromatic ring is 1. The van der Waals surface area contributed by atoms with Crippen molar-refractivity contribution in [2.75, 3.05) is 31.5 Å². The fourth-order valence-electron chi connectivity index (χ4n) is 6.52. The lowest BCUT2D eigenvalue weighted by molar-refractivity contribution is -0.183. The molecule has 1 aliphatic heterocycles. The molecule has 2 aliphatic carbocycles. The fraction of sp³-hybridized carbons (Fsp3) is 0.750. The number of anilines is 1. The minimum absolute atomic E-state index is 0.0776. The highest BCUT2D eigenvalue weighted by Gasteiger charge is 2.51. The van der Waals surface area contributed by atoms with E-state index < -0.39 is 83.0 Å². The Bertz CT molecular complexity index is 1510. The van der Waals surface area contributed by atoms with Crippen molar-refractivity contribution < 1.29 is 40.9 Å². The molecule has 0 radical (unpaired) electrons. The summed E-state index contributed by atoms with van der Waals surface area (Å²) in [5, 5.41) is 14.7. The van der Waals surface area contributed by atoms with Gasteiger partial charge in [-0.3, -0.25) is 0 Å². The van der Waals surface area contributed by atoms with Crippen LogP contribution in [0.3, 0.4) is 0 Å². The molecule has 21 heteroatoms. The lowest BCUT2D eigenvalue weighted by Gasteiger charge is -2.37. The van der Waals surface area contributed by atoms with Crippen LogP contribution in [0, 0.1) is 11.8 Å². The number of hydrogen-bond donors (Lipinski definition) is 2. The Morgan fingerprint density at radius 2 is 1.37 bits per heavy atom. The van der Waals surface area contributed by atoms with Crippen LogP contribution in [0.25, 0.3) is 0 Å². The predicted octanol–water partition coefficient (Wildman–Crippen LogP) is 8.11. The standard InChI is InChI=1S/C28H34Cl4F6N6O3S2/c1-10(18-22(48-2)24(39)43(41-18)20-14(29)4-11(5-15(20)30)27(33,34)35)40-25-23(49-3)19(26-46-9-13(8-45)47-26)42-44(25)21-16(31)6-12(7-17(21)32)28(36,37)38/h11-17,20-21,26,45H,4-9,39H2,1-3H3/b40-10+. The van der Waals surface area contributed by atoms with Gasteiger partial charge in [-0.2, -0.15) is 36.5 Å². The van der Waals surface area contributed by atoms with Crippen molar-refractivity contribution in [1.29, 1.82) is 0 Å². The fourth-order valence-corrected chi connectivity index (χ4v) is 10.0. The van der Waals surface area contributed by atoms with Gasteiger partial charge in [-0.05, 0) is 45.1 Å². The zero-order chi connectivity index (χ0) is 36.2. The Kier molecular flexibility index (Phi) is 12.3. The maximum atomic E-state index is 13.7. The first-order valence-electron chi connectivity index (χ1n) is 15.1. The predicted molar refractivity (Wildman–Crippen MR) is 179 cm³/mol. The number of hydrogen-bond acceptors (Lipinski definition) is 9. The number of alkyl halides is 10. The lowest BCUT2D eigenvalue weighted by atomic mass is 9.84.